The number of fused-ring (bicyclic) bond motifs is 1. The molecule has 0 fully saturated rings. The number of carbonyl (C=O) groups is 1. The van der Waals surface area contributed by atoms with Gasteiger partial charge in [0.2, 0.25) is 5.91 Å². The van der Waals surface area contributed by atoms with Gasteiger partial charge in [-0.3, -0.25) is 4.79 Å². The molecule has 1 aromatic heterocycles. The number of hydrogen-bond donors (Lipinski definition) is 1. The van der Waals surface area contributed by atoms with Gasteiger partial charge in [0.1, 0.15) is 6.07 Å². The molecule has 0 radical (unpaired) electrons. The van der Waals surface area contributed by atoms with Gasteiger partial charge >= 0.3 is 0 Å². The molecule has 0 spiro atoms. The quantitative estimate of drug-likeness (QED) is 0.716. The number of nitrogens with zero attached hydrogens (tertiary/aromatic N) is 2. The first-order valence-electron chi connectivity index (χ1n) is 7.49. The monoisotopic (exact) mass is 355 g/mol. The Hall–Kier alpha value is -2.42. The Bertz CT molecular complexity index is 896. The van der Waals surface area contributed by atoms with E-state index in [9.17, 15) is 4.79 Å². The molecule has 3 rings (SSSR count). The molecule has 6 heteroatoms. The van der Waals surface area contributed by atoms with Gasteiger partial charge in [-0.25, -0.2) is 4.98 Å². The lowest BCUT2D eigenvalue weighted by Crippen LogP contribution is -2.11. The summed E-state index contributed by atoms with van der Waals surface area (Å²) in [5.41, 5.74) is 2.00. The second kappa shape index (κ2) is 7.43. The Kier molecular flexibility index (Phi) is 5.09. The predicted molar refractivity (Wildman–Crippen MR) is 97.4 cm³/mol. The van der Waals surface area contributed by atoms with Gasteiger partial charge in [-0.1, -0.05) is 23.7 Å². The van der Waals surface area contributed by atoms with Crippen LogP contribution in [-0.4, -0.2) is 10.9 Å². The number of nitrogens with one attached hydrogen (secondary N) is 1. The van der Waals surface area contributed by atoms with E-state index < -0.39 is 0 Å². The van der Waals surface area contributed by atoms with Crippen molar-refractivity contribution in [3.63, 3.8) is 0 Å². The smallest absolute Gasteiger partial charge is 0.224 e. The molecule has 0 aliphatic rings. The Morgan fingerprint density at radius 3 is 2.88 bits per heavy atom. The van der Waals surface area contributed by atoms with Crippen LogP contribution in [0.25, 0.3) is 10.2 Å². The second-order valence-corrected chi connectivity index (χ2v) is 6.81. The summed E-state index contributed by atoms with van der Waals surface area (Å²) in [5.74, 6) is -0.0723. The van der Waals surface area contributed by atoms with Crippen LogP contribution in [0.2, 0.25) is 5.02 Å². The zero-order valence-corrected chi connectivity index (χ0v) is 14.3. The number of hydrogen-bond acceptors (Lipinski definition) is 4. The van der Waals surface area contributed by atoms with Crippen LogP contribution in [0, 0.1) is 11.3 Å². The topological polar surface area (TPSA) is 65.8 Å². The zero-order chi connectivity index (χ0) is 16.9. The zero-order valence-electron chi connectivity index (χ0n) is 12.8. The van der Waals surface area contributed by atoms with E-state index in [0.29, 0.717) is 22.7 Å². The highest BCUT2D eigenvalue weighted by atomic mass is 35.5. The van der Waals surface area contributed by atoms with Crippen LogP contribution in [0.3, 0.4) is 0 Å². The fourth-order valence-electron chi connectivity index (χ4n) is 2.33. The van der Waals surface area contributed by atoms with Crippen molar-refractivity contribution in [3.8, 4) is 6.07 Å². The Morgan fingerprint density at radius 1 is 1.29 bits per heavy atom. The van der Waals surface area contributed by atoms with Crippen molar-refractivity contribution in [2.24, 2.45) is 0 Å². The van der Waals surface area contributed by atoms with E-state index in [1.165, 1.54) is 4.70 Å². The maximum absolute atomic E-state index is 12.0. The van der Waals surface area contributed by atoms with E-state index in [-0.39, 0.29) is 5.91 Å². The van der Waals surface area contributed by atoms with Crippen molar-refractivity contribution in [1.82, 2.24) is 4.98 Å². The van der Waals surface area contributed by atoms with Crippen molar-refractivity contribution >= 4 is 44.7 Å². The highest BCUT2D eigenvalue weighted by Gasteiger charge is 2.07. The number of thiazole rings is 1. The third-order valence-corrected chi connectivity index (χ3v) is 4.91. The molecular weight excluding hydrogens is 342 g/mol. The Balaban J connectivity index is 1.52. The number of para-hydroxylation sites is 1. The largest absolute Gasteiger partial charge is 0.326 e. The third kappa shape index (κ3) is 3.91. The molecule has 0 atom stereocenters. The first-order chi connectivity index (χ1) is 11.7. The molecule has 2 aromatic carbocycles. The molecule has 4 nitrogen and oxygen atoms in total. The number of aromatic nitrogens is 1. The van der Waals surface area contributed by atoms with Crippen LogP contribution in [0.5, 0.6) is 0 Å². The van der Waals surface area contributed by atoms with Crippen molar-refractivity contribution in [1.29, 1.82) is 5.26 Å². The lowest BCUT2D eigenvalue weighted by molar-refractivity contribution is -0.116. The number of halogens is 1. The lowest BCUT2D eigenvalue weighted by Gasteiger charge is -2.05. The van der Waals surface area contributed by atoms with Crippen molar-refractivity contribution in [2.45, 2.75) is 19.3 Å². The Morgan fingerprint density at radius 2 is 2.12 bits per heavy atom. The number of anilines is 1. The van der Waals surface area contributed by atoms with Crippen LogP contribution >= 0.6 is 22.9 Å². The minimum absolute atomic E-state index is 0.0723. The average Bonchev–Trinajstić information content (AvgIpc) is 2.97. The summed E-state index contributed by atoms with van der Waals surface area (Å²) in [6.07, 6.45) is 1.92. The molecule has 0 aliphatic heterocycles. The number of amides is 1. The van der Waals surface area contributed by atoms with Crippen molar-refractivity contribution in [3.05, 3.63) is 58.1 Å². The molecule has 1 amide bonds. The van der Waals surface area contributed by atoms with E-state index in [1.54, 1.807) is 29.5 Å². The molecule has 1 heterocycles. The summed E-state index contributed by atoms with van der Waals surface area (Å²) in [4.78, 5) is 16.6. The molecular formula is C18H14ClN3OS. The van der Waals surface area contributed by atoms with Crippen LogP contribution in [-0.2, 0) is 11.2 Å². The van der Waals surface area contributed by atoms with Crippen molar-refractivity contribution < 1.29 is 4.79 Å². The van der Waals surface area contributed by atoms with Crippen LogP contribution < -0.4 is 5.32 Å². The van der Waals surface area contributed by atoms with Crippen LogP contribution in [0.4, 0.5) is 5.69 Å². The van der Waals surface area contributed by atoms with Gasteiger partial charge in [0.15, 0.2) is 0 Å². The van der Waals surface area contributed by atoms with Gasteiger partial charge in [0.05, 0.1) is 25.8 Å². The number of nitriles is 1. The second-order valence-electron chi connectivity index (χ2n) is 5.28. The van der Waals surface area contributed by atoms with E-state index in [2.05, 4.69) is 16.4 Å². The van der Waals surface area contributed by atoms with Crippen LogP contribution in [0.1, 0.15) is 23.4 Å². The number of carbonyl (C=O) groups excluding carboxylic acids is 1. The average molecular weight is 356 g/mol. The number of benzene rings is 2. The van der Waals surface area contributed by atoms with Gasteiger partial charge in [-0.15, -0.1) is 11.3 Å². The Labute approximate surface area is 148 Å². The summed E-state index contributed by atoms with van der Waals surface area (Å²) >= 11 is 7.62. The fourth-order valence-corrected chi connectivity index (χ4v) is 3.57. The van der Waals surface area contributed by atoms with Gasteiger partial charge < -0.3 is 5.32 Å². The van der Waals surface area contributed by atoms with Crippen LogP contribution in [0.15, 0.2) is 42.5 Å². The molecule has 24 heavy (non-hydrogen) atoms. The van der Waals surface area contributed by atoms with Gasteiger partial charge in [0.25, 0.3) is 0 Å². The highest BCUT2D eigenvalue weighted by molar-refractivity contribution is 7.18. The minimum Gasteiger partial charge on any atom is -0.326 e. The normalized spacial score (nSPS) is 10.5. The molecule has 0 unspecified atom stereocenters. The standard InChI is InChI=1S/C18H14ClN3OS/c19-14-10-13(9-8-12(14)11-20)21-17(23)6-3-7-18-22-15-4-1-2-5-16(15)24-18/h1-2,4-5,8-10H,3,6-7H2,(H,21,23). The maximum Gasteiger partial charge on any atom is 0.224 e. The van der Waals surface area contributed by atoms with E-state index in [1.807, 2.05) is 24.3 Å². The fraction of sp³-hybridized carbons (Fsp3) is 0.167. The summed E-state index contributed by atoms with van der Waals surface area (Å²) in [7, 11) is 0. The summed E-state index contributed by atoms with van der Waals surface area (Å²) in [6.45, 7) is 0. The molecule has 0 bridgehead atoms. The molecule has 0 aliphatic carbocycles. The summed E-state index contributed by atoms with van der Waals surface area (Å²) in [5, 5.41) is 13.0. The molecule has 1 N–H and O–H groups in total. The summed E-state index contributed by atoms with van der Waals surface area (Å²) < 4.78 is 1.17. The van der Waals surface area contributed by atoms with Crippen molar-refractivity contribution in [2.75, 3.05) is 5.32 Å². The summed E-state index contributed by atoms with van der Waals surface area (Å²) in [6, 6.07) is 14.9. The SMILES string of the molecule is N#Cc1ccc(NC(=O)CCCc2nc3ccccc3s2)cc1Cl. The van der Waals surface area contributed by atoms with Gasteiger partial charge in [-0.05, 0) is 43.2 Å². The van der Waals surface area contributed by atoms with E-state index in [0.717, 1.165) is 23.4 Å². The highest BCUT2D eigenvalue weighted by Crippen LogP contribution is 2.23. The van der Waals surface area contributed by atoms with Gasteiger partial charge in [-0.2, -0.15) is 5.26 Å². The number of aryl methyl sites for hydroxylation is 1. The minimum atomic E-state index is -0.0723. The molecule has 3 aromatic rings. The predicted octanol–water partition coefficient (Wildman–Crippen LogP) is 4.78. The molecule has 0 saturated carbocycles. The molecule has 0 saturated heterocycles. The lowest BCUT2D eigenvalue weighted by atomic mass is 10.2. The molecule has 120 valence electrons. The maximum atomic E-state index is 12.0. The van der Waals surface area contributed by atoms with E-state index >= 15 is 0 Å². The van der Waals surface area contributed by atoms with E-state index in [4.69, 9.17) is 16.9 Å². The number of rotatable bonds is 5. The van der Waals surface area contributed by atoms with Gasteiger partial charge in [0, 0.05) is 12.1 Å². The third-order valence-electron chi connectivity index (χ3n) is 3.51. The first kappa shape index (κ1) is 16.4. The first-order valence-corrected chi connectivity index (χ1v) is 8.69.